The van der Waals surface area contributed by atoms with E-state index in [1.54, 1.807) is 6.92 Å². The third-order valence-electron chi connectivity index (χ3n) is 3.14. The lowest BCUT2D eigenvalue weighted by atomic mass is 10.2. The van der Waals surface area contributed by atoms with Crippen LogP contribution in [0.2, 0.25) is 0 Å². The molecule has 3 rings (SSSR count). The molecule has 0 bridgehead atoms. The van der Waals surface area contributed by atoms with Crippen LogP contribution < -0.4 is 0 Å². The van der Waals surface area contributed by atoms with E-state index in [0.717, 1.165) is 18.9 Å². The molecular formula is C12H14ClN3O3S. The first-order valence-corrected chi connectivity index (χ1v) is 7.78. The average Bonchev–Trinajstić information content (AvgIpc) is 2.91. The van der Waals surface area contributed by atoms with Gasteiger partial charge < -0.3 is 14.0 Å². The van der Waals surface area contributed by atoms with Crippen LogP contribution in [0.5, 0.6) is 0 Å². The van der Waals surface area contributed by atoms with Crippen molar-refractivity contribution in [3.05, 3.63) is 10.8 Å². The van der Waals surface area contributed by atoms with Crippen molar-refractivity contribution in [3.8, 4) is 0 Å². The highest BCUT2D eigenvalue weighted by molar-refractivity contribution is 7.19. The molecule has 3 heterocycles. The van der Waals surface area contributed by atoms with Crippen molar-refractivity contribution in [2.75, 3.05) is 13.2 Å². The first-order chi connectivity index (χ1) is 9.72. The molecule has 0 amide bonds. The Morgan fingerprint density at radius 3 is 3.00 bits per heavy atom. The summed E-state index contributed by atoms with van der Waals surface area (Å²) in [6.45, 7) is 3.57. The number of imidazole rings is 1. The second-order valence-electron chi connectivity index (χ2n) is 4.42. The summed E-state index contributed by atoms with van der Waals surface area (Å²) in [7, 11) is 0. The van der Waals surface area contributed by atoms with Gasteiger partial charge in [0.15, 0.2) is 10.5 Å². The fraction of sp³-hybridized carbons (Fsp3) is 0.583. The van der Waals surface area contributed by atoms with Crippen LogP contribution in [0.4, 0.5) is 0 Å². The number of halogens is 1. The maximum Gasteiger partial charge on any atom is 0.367 e. The van der Waals surface area contributed by atoms with Gasteiger partial charge in [0.1, 0.15) is 5.82 Å². The molecule has 0 saturated carbocycles. The molecule has 1 atom stereocenters. The second-order valence-corrected chi connectivity index (χ2v) is 5.67. The zero-order valence-electron chi connectivity index (χ0n) is 11.0. The molecule has 1 fully saturated rings. The van der Waals surface area contributed by atoms with E-state index in [2.05, 4.69) is 9.97 Å². The standard InChI is InChI=1S/C12H14ClN3O3S/c1-2-18-12(17)11-15-9-10(20-11)14-8(5-13)16(9)6-7-3-4-19-7/h7H,2-6H2,1H3. The van der Waals surface area contributed by atoms with Gasteiger partial charge in [-0.15, -0.1) is 11.6 Å². The monoisotopic (exact) mass is 315 g/mol. The lowest BCUT2D eigenvalue weighted by Crippen LogP contribution is -2.31. The number of ether oxygens (including phenoxy) is 2. The van der Waals surface area contributed by atoms with E-state index in [-0.39, 0.29) is 6.10 Å². The van der Waals surface area contributed by atoms with Gasteiger partial charge in [0.25, 0.3) is 0 Å². The molecule has 0 N–H and O–H groups in total. The van der Waals surface area contributed by atoms with Crippen LogP contribution in [0.25, 0.3) is 10.5 Å². The fourth-order valence-electron chi connectivity index (χ4n) is 2.06. The van der Waals surface area contributed by atoms with Gasteiger partial charge in [-0.05, 0) is 13.3 Å². The second kappa shape index (κ2) is 5.67. The summed E-state index contributed by atoms with van der Waals surface area (Å²) in [4.78, 5) is 21.2. The Balaban J connectivity index is 1.94. The molecule has 1 aliphatic heterocycles. The quantitative estimate of drug-likeness (QED) is 0.625. The van der Waals surface area contributed by atoms with Crippen molar-refractivity contribution in [1.82, 2.24) is 14.5 Å². The van der Waals surface area contributed by atoms with Gasteiger partial charge in [-0.3, -0.25) is 0 Å². The molecule has 2 aromatic rings. The Kier molecular flexibility index (Phi) is 3.91. The number of hydrogen-bond donors (Lipinski definition) is 0. The zero-order valence-corrected chi connectivity index (χ0v) is 12.5. The Morgan fingerprint density at radius 1 is 1.60 bits per heavy atom. The molecule has 108 valence electrons. The first-order valence-electron chi connectivity index (χ1n) is 6.43. The van der Waals surface area contributed by atoms with Crippen LogP contribution in [-0.4, -0.2) is 39.8 Å². The lowest BCUT2D eigenvalue weighted by molar-refractivity contribution is -0.0590. The molecule has 1 aliphatic rings. The van der Waals surface area contributed by atoms with E-state index in [1.165, 1.54) is 11.3 Å². The Labute approximate surface area is 124 Å². The molecule has 2 aromatic heterocycles. The zero-order chi connectivity index (χ0) is 14.1. The van der Waals surface area contributed by atoms with E-state index >= 15 is 0 Å². The van der Waals surface area contributed by atoms with Gasteiger partial charge in [-0.1, -0.05) is 11.3 Å². The Morgan fingerprint density at radius 2 is 2.40 bits per heavy atom. The molecule has 0 aromatic carbocycles. The molecule has 0 spiro atoms. The predicted molar refractivity (Wildman–Crippen MR) is 75.3 cm³/mol. The third-order valence-corrected chi connectivity index (χ3v) is 4.30. The largest absolute Gasteiger partial charge is 0.461 e. The van der Waals surface area contributed by atoms with Crippen LogP contribution in [0.1, 0.15) is 29.0 Å². The summed E-state index contributed by atoms with van der Waals surface area (Å²) in [5, 5.41) is 0.328. The minimum atomic E-state index is -0.408. The molecule has 0 radical (unpaired) electrons. The molecule has 1 unspecified atom stereocenters. The number of nitrogens with zero attached hydrogens (tertiary/aromatic N) is 3. The van der Waals surface area contributed by atoms with Gasteiger partial charge in [-0.25, -0.2) is 14.8 Å². The highest BCUT2D eigenvalue weighted by atomic mass is 35.5. The minimum absolute atomic E-state index is 0.183. The normalized spacial score (nSPS) is 18.2. The van der Waals surface area contributed by atoms with E-state index in [1.807, 2.05) is 4.57 Å². The van der Waals surface area contributed by atoms with Gasteiger partial charge in [0.05, 0.1) is 25.1 Å². The van der Waals surface area contributed by atoms with Gasteiger partial charge >= 0.3 is 5.97 Å². The average molecular weight is 316 g/mol. The summed E-state index contributed by atoms with van der Waals surface area (Å²) >= 11 is 7.15. The topological polar surface area (TPSA) is 66.2 Å². The summed E-state index contributed by atoms with van der Waals surface area (Å²) in [6, 6.07) is 0. The smallest absolute Gasteiger partial charge is 0.367 e. The number of aromatic nitrogens is 3. The number of esters is 1. The van der Waals surface area contributed by atoms with Gasteiger partial charge in [0.2, 0.25) is 5.01 Å². The van der Waals surface area contributed by atoms with Crippen molar-refractivity contribution in [1.29, 1.82) is 0 Å². The molecule has 1 saturated heterocycles. The maximum absolute atomic E-state index is 11.7. The summed E-state index contributed by atoms with van der Waals surface area (Å²) in [5.41, 5.74) is 0.684. The fourth-order valence-corrected chi connectivity index (χ4v) is 3.12. The number of fused-ring (bicyclic) bond motifs is 1. The number of thiazole rings is 1. The number of rotatable bonds is 5. The molecule has 20 heavy (non-hydrogen) atoms. The van der Waals surface area contributed by atoms with Crippen molar-refractivity contribution in [3.63, 3.8) is 0 Å². The molecular weight excluding hydrogens is 302 g/mol. The highest BCUT2D eigenvalue weighted by Crippen LogP contribution is 2.26. The van der Waals surface area contributed by atoms with E-state index < -0.39 is 5.97 Å². The Bertz CT molecular complexity index is 635. The first kappa shape index (κ1) is 13.8. The summed E-state index contributed by atoms with van der Waals surface area (Å²) in [6.07, 6.45) is 1.21. The van der Waals surface area contributed by atoms with Gasteiger partial charge in [-0.2, -0.15) is 0 Å². The predicted octanol–water partition coefficient (Wildman–Crippen LogP) is 2.20. The lowest BCUT2D eigenvalue weighted by Gasteiger charge is -2.27. The van der Waals surface area contributed by atoms with Crippen LogP contribution in [0, 0.1) is 0 Å². The summed E-state index contributed by atoms with van der Waals surface area (Å²) in [5.74, 6) is 0.658. The molecule has 0 aliphatic carbocycles. The molecule has 6 nitrogen and oxygen atoms in total. The van der Waals surface area contributed by atoms with Crippen LogP contribution in [0.15, 0.2) is 0 Å². The SMILES string of the molecule is CCOC(=O)c1nc2c(nc(CCl)n2CC2CCO2)s1. The maximum atomic E-state index is 11.7. The van der Waals surface area contributed by atoms with Gasteiger partial charge in [0, 0.05) is 6.61 Å². The van der Waals surface area contributed by atoms with E-state index in [0.29, 0.717) is 34.5 Å². The van der Waals surface area contributed by atoms with Crippen LogP contribution in [-0.2, 0) is 21.9 Å². The number of hydrogen-bond acceptors (Lipinski definition) is 6. The summed E-state index contributed by atoms with van der Waals surface area (Å²) < 4.78 is 12.3. The number of alkyl halides is 1. The Hall–Kier alpha value is -1.18. The van der Waals surface area contributed by atoms with Crippen molar-refractivity contribution < 1.29 is 14.3 Å². The number of carbonyl (C=O) groups is 1. The van der Waals surface area contributed by atoms with Crippen molar-refractivity contribution in [2.24, 2.45) is 0 Å². The number of carbonyl (C=O) groups excluding carboxylic acids is 1. The minimum Gasteiger partial charge on any atom is -0.461 e. The van der Waals surface area contributed by atoms with Crippen LogP contribution >= 0.6 is 22.9 Å². The van der Waals surface area contributed by atoms with E-state index in [4.69, 9.17) is 21.1 Å². The third kappa shape index (κ3) is 2.41. The van der Waals surface area contributed by atoms with Crippen molar-refractivity contribution >= 4 is 39.4 Å². The highest BCUT2D eigenvalue weighted by Gasteiger charge is 2.24. The van der Waals surface area contributed by atoms with E-state index in [9.17, 15) is 4.79 Å². The molecule has 8 heteroatoms. The van der Waals surface area contributed by atoms with Crippen molar-refractivity contribution in [2.45, 2.75) is 31.9 Å². The van der Waals surface area contributed by atoms with Crippen LogP contribution in [0.3, 0.4) is 0 Å².